The van der Waals surface area contributed by atoms with E-state index in [2.05, 4.69) is 0 Å². The minimum Gasteiger partial charge on any atom is -0.481 e. The summed E-state index contributed by atoms with van der Waals surface area (Å²) in [5.41, 5.74) is -2.86. The van der Waals surface area contributed by atoms with Crippen LogP contribution in [0, 0.1) is 5.41 Å². The molecule has 2 atom stereocenters. The van der Waals surface area contributed by atoms with E-state index < -0.39 is 32.6 Å². The fourth-order valence-corrected chi connectivity index (χ4v) is 5.97. The Morgan fingerprint density at radius 2 is 2.00 bits per heavy atom. The van der Waals surface area contributed by atoms with Gasteiger partial charge >= 0.3 is 5.97 Å². The van der Waals surface area contributed by atoms with Crippen molar-refractivity contribution in [3.05, 3.63) is 0 Å². The fraction of sp³-hybridized carbons (Fsp3) is 0.889. The van der Waals surface area contributed by atoms with E-state index in [1.807, 2.05) is 0 Å². The first-order valence-electron chi connectivity index (χ1n) is 5.05. The smallest absolute Gasteiger partial charge is 0.313 e. The summed E-state index contributed by atoms with van der Waals surface area (Å²) in [7, 11) is -3.29. The van der Waals surface area contributed by atoms with Crippen LogP contribution in [0.3, 0.4) is 0 Å². The van der Waals surface area contributed by atoms with Crippen molar-refractivity contribution in [3.8, 4) is 0 Å². The van der Waals surface area contributed by atoms with Crippen molar-refractivity contribution >= 4 is 27.6 Å². The third kappa shape index (κ3) is 1.65. The molecule has 0 amide bonds. The molecule has 5 nitrogen and oxygen atoms in total. The molecule has 7 heteroatoms. The number of rotatable bonds is 2. The van der Waals surface area contributed by atoms with Gasteiger partial charge in [-0.25, -0.2) is 8.42 Å². The summed E-state index contributed by atoms with van der Waals surface area (Å²) in [6, 6.07) is 0. The van der Waals surface area contributed by atoms with E-state index in [-0.39, 0.29) is 12.2 Å². The SMILES string of the molecule is O=C(O)C1(C2(O)CCS(=O)(=O)C2)CCSC1. The average molecular weight is 266 g/mol. The second kappa shape index (κ2) is 3.61. The number of sulfone groups is 1. The molecule has 0 aromatic carbocycles. The number of hydrogen-bond acceptors (Lipinski definition) is 5. The summed E-state index contributed by atoms with van der Waals surface area (Å²) < 4.78 is 22.8. The number of aliphatic hydroxyl groups is 1. The lowest BCUT2D eigenvalue weighted by atomic mass is 9.71. The van der Waals surface area contributed by atoms with Crippen LogP contribution >= 0.6 is 11.8 Å². The second-order valence-corrected chi connectivity index (χ2v) is 7.85. The highest BCUT2D eigenvalue weighted by molar-refractivity contribution is 7.99. The predicted molar refractivity (Wildman–Crippen MR) is 60.2 cm³/mol. The van der Waals surface area contributed by atoms with E-state index in [9.17, 15) is 23.4 Å². The summed E-state index contributed by atoms with van der Waals surface area (Å²) >= 11 is 1.46. The third-order valence-corrected chi connectivity index (χ3v) is 6.54. The van der Waals surface area contributed by atoms with Gasteiger partial charge in [-0.1, -0.05) is 0 Å². The molecule has 0 aliphatic carbocycles. The van der Waals surface area contributed by atoms with Crippen molar-refractivity contribution in [3.63, 3.8) is 0 Å². The monoisotopic (exact) mass is 266 g/mol. The quantitative estimate of drug-likeness (QED) is 0.716. The maximum absolute atomic E-state index is 11.4. The van der Waals surface area contributed by atoms with Gasteiger partial charge in [0.25, 0.3) is 0 Å². The van der Waals surface area contributed by atoms with Gasteiger partial charge in [-0.3, -0.25) is 4.79 Å². The van der Waals surface area contributed by atoms with Crippen LogP contribution in [0.15, 0.2) is 0 Å². The Balaban J connectivity index is 2.38. The number of hydrogen-bond donors (Lipinski definition) is 2. The lowest BCUT2D eigenvalue weighted by Gasteiger charge is -2.37. The largest absolute Gasteiger partial charge is 0.481 e. The van der Waals surface area contributed by atoms with Crippen LogP contribution in [0.1, 0.15) is 12.8 Å². The van der Waals surface area contributed by atoms with E-state index in [4.69, 9.17) is 0 Å². The first kappa shape index (κ1) is 12.2. The van der Waals surface area contributed by atoms with Gasteiger partial charge in [0, 0.05) is 5.75 Å². The van der Waals surface area contributed by atoms with Crippen molar-refractivity contribution in [1.29, 1.82) is 0 Å². The molecule has 2 heterocycles. The van der Waals surface area contributed by atoms with Gasteiger partial charge in [0.2, 0.25) is 0 Å². The summed E-state index contributed by atoms with van der Waals surface area (Å²) in [4.78, 5) is 11.4. The molecule has 2 fully saturated rings. The minimum absolute atomic E-state index is 0.0438. The molecule has 2 saturated heterocycles. The van der Waals surface area contributed by atoms with E-state index >= 15 is 0 Å². The second-order valence-electron chi connectivity index (χ2n) is 4.56. The Morgan fingerprint density at radius 1 is 1.31 bits per heavy atom. The number of carboxylic acid groups (broad SMARTS) is 1. The highest BCUT2D eigenvalue weighted by Gasteiger charge is 2.61. The summed E-state index contributed by atoms with van der Waals surface area (Å²) in [5.74, 6) is -0.629. The Hall–Kier alpha value is -0.270. The topological polar surface area (TPSA) is 91.7 Å². The van der Waals surface area contributed by atoms with Gasteiger partial charge in [0.1, 0.15) is 5.41 Å². The first-order chi connectivity index (χ1) is 7.31. The molecule has 0 spiro atoms. The van der Waals surface area contributed by atoms with Crippen LogP contribution in [-0.2, 0) is 14.6 Å². The zero-order chi connectivity index (χ0) is 12.0. The molecule has 2 aliphatic rings. The van der Waals surface area contributed by atoms with Gasteiger partial charge in [0.05, 0.1) is 17.1 Å². The molecule has 2 unspecified atom stereocenters. The molecule has 0 aromatic rings. The number of thioether (sulfide) groups is 1. The van der Waals surface area contributed by atoms with Crippen LogP contribution in [0.4, 0.5) is 0 Å². The molecular weight excluding hydrogens is 252 g/mol. The van der Waals surface area contributed by atoms with Crippen LogP contribution in [0.2, 0.25) is 0 Å². The Bertz CT molecular complexity index is 410. The molecule has 0 bridgehead atoms. The lowest BCUT2D eigenvalue weighted by molar-refractivity contribution is -0.162. The zero-order valence-corrected chi connectivity index (χ0v) is 10.3. The summed E-state index contributed by atoms with van der Waals surface area (Å²) in [6.45, 7) is 0. The van der Waals surface area contributed by atoms with Crippen LogP contribution in [0.25, 0.3) is 0 Å². The van der Waals surface area contributed by atoms with Crippen molar-refractivity contribution in [2.24, 2.45) is 5.41 Å². The minimum atomic E-state index is -3.29. The molecule has 0 saturated carbocycles. The molecular formula is C9H14O5S2. The Labute approximate surface area is 98.1 Å². The van der Waals surface area contributed by atoms with E-state index in [0.29, 0.717) is 17.9 Å². The molecule has 92 valence electrons. The van der Waals surface area contributed by atoms with Crippen LogP contribution in [-0.4, -0.2) is 53.2 Å². The van der Waals surface area contributed by atoms with Crippen molar-refractivity contribution in [2.45, 2.75) is 18.4 Å². The van der Waals surface area contributed by atoms with E-state index in [1.54, 1.807) is 0 Å². The number of aliphatic carboxylic acids is 1. The molecule has 2 N–H and O–H groups in total. The van der Waals surface area contributed by atoms with Gasteiger partial charge < -0.3 is 10.2 Å². The Kier molecular flexibility index (Phi) is 2.75. The Morgan fingerprint density at radius 3 is 2.38 bits per heavy atom. The zero-order valence-electron chi connectivity index (χ0n) is 8.68. The summed E-state index contributed by atoms with van der Waals surface area (Å²) in [6.07, 6.45) is 0.390. The highest BCUT2D eigenvalue weighted by atomic mass is 32.2. The molecule has 16 heavy (non-hydrogen) atoms. The maximum atomic E-state index is 11.4. The number of carboxylic acids is 1. The fourth-order valence-electron chi connectivity index (χ4n) is 2.51. The molecule has 0 aromatic heterocycles. The van der Waals surface area contributed by atoms with Gasteiger partial charge in [-0.05, 0) is 18.6 Å². The van der Waals surface area contributed by atoms with Crippen LogP contribution < -0.4 is 0 Å². The molecule has 0 radical (unpaired) electrons. The number of carbonyl (C=O) groups is 1. The average Bonchev–Trinajstić information content (AvgIpc) is 2.72. The maximum Gasteiger partial charge on any atom is 0.313 e. The molecule has 2 rings (SSSR count). The van der Waals surface area contributed by atoms with Crippen LogP contribution in [0.5, 0.6) is 0 Å². The summed E-state index contributed by atoms with van der Waals surface area (Å²) in [5, 5.41) is 19.7. The highest BCUT2D eigenvalue weighted by Crippen LogP contribution is 2.49. The lowest BCUT2D eigenvalue weighted by Crippen LogP contribution is -2.54. The van der Waals surface area contributed by atoms with Crippen molar-refractivity contribution in [1.82, 2.24) is 0 Å². The molecule has 2 aliphatic heterocycles. The third-order valence-electron chi connectivity index (χ3n) is 3.61. The first-order valence-corrected chi connectivity index (χ1v) is 8.03. The van der Waals surface area contributed by atoms with Gasteiger partial charge in [-0.15, -0.1) is 0 Å². The van der Waals surface area contributed by atoms with E-state index in [0.717, 1.165) is 0 Å². The van der Waals surface area contributed by atoms with Gasteiger partial charge in [-0.2, -0.15) is 11.8 Å². The normalized spacial score (nSPS) is 42.3. The van der Waals surface area contributed by atoms with Gasteiger partial charge in [0.15, 0.2) is 9.84 Å². The standard InChI is InChI=1S/C9H14O5S2/c10-7(11)8(1-3-15-5-8)9(12)2-4-16(13,14)6-9/h12H,1-6H2,(H,10,11). The van der Waals surface area contributed by atoms with Crippen molar-refractivity contribution < 1.29 is 23.4 Å². The predicted octanol–water partition coefficient (Wildman–Crippen LogP) is -0.256. The van der Waals surface area contributed by atoms with E-state index in [1.165, 1.54) is 11.8 Å². The van der Waals surface area contributed by atoms with Crippen molar-refractivity contribution in [2.75, 3.05) is 23.0 Å².